The number of nitrogens with one attached hydrogen (secondary N) is 1. The molecule has 1 N–H and O–H groups in total. The van der Waals surface area contributed by atoms with Crippen LogP contribution in [0.15, 0.2) is 24.3 Å². The van der Waals surface area contributed by atoms with E-state index in [9.17, 15) is 9.59 Å². The van der Waals surface area contributed by atoms with Gasteiger partial charge < -0.3 is 5.32 Å². The normalized spacial score (nSPS) is 19.6. The maximum absolute atomic E-state index is 11.8. The van der Waals surface area contributed by atoms with Gasteiger partial charge in [0.2, 0.25) is 5.91 Å². The van der Waals surface area contributed by atoms with Gasteiger partial charge >= 0.3 is 0 Å². The molecule has 0 spiro atoms. The highest BCUT2D eigenvalue weighted by Gasteiger charge is 2.21. The van der Waals surface area contributed by atoms with Crippen LogP contribution in [0.25, 0.3) is 0 Å². The first-order chi connectivity index (χ1) is 8.63. The van der Waals surface area contributed by atoms with E-state index in [1.165, 1.54) is 0 Å². The van der Waals surface area contributed by atoms with Crippen molar-refractivity contribution in [2.24, 2.45) is 5.92 Å². The van der Waals surface area contributed by atoms with Crippen LogP contribution in [0.3, 0.4) is 0 Å². The van der Waals surface area contributed by atoms with Gasteiger partial charge in [0.05, 0.1) is 0 Å². The fourth-order valence-electron chi connectivity index (χ4n) is 2.30. The molecular weight excluding hydrogens is 250 g/mol. The molecule has 0 heterocycles. The number of halogens is 1. The molecule has 1 aromatic carbocycles. The maximum Gasteiger partial charge on any atom is 0.224 e. The second-order valence-corrected chi connectivity index (χ2v) is 5.20. The van der Waals surface area contributed by atoms with Crippen LogP contribution in [-0.2, 0) is 9.59 Å². The Kier molecular flexibility index (Phi) is 4.37. The summed E-state index contributed by atoms with van der Waals surface area (Å²) >= 11 is 5.77. The van der Waals surface area contributed by atoms with Gasteiger partial charge in [0, 0.05) is 30.0 Å². The van der Waals surface area contributed by atoms with Crippen molar-refractivity contribution < 1.29 is 9.59 Å². The van der Waals surface area contributed by atoms with Gasteiger partial charge in [0.25, 0.3) is 0 Å². The molecular formula is C14H16ClNO2. The van der Waals surface area contributed by atoms with Crippen molar-refractivity contribution >= 4 is 29.0 Å². The number of benzene rings is 1. The second kappa shape index (κ2) is 6.01. The summed E-state index contributed by atoms with van der Waals surface area (Å²) in [7, 11) is 0. The minimum atomic E-state index is -0.0305. The predicted molar refractivity (Wildman–Crippen MR) is 71.7 cm³/mol. The number of carbonyl (C=O) groups is 2. The molecule has 0 aliphatic heterocycles. The van der Waals surface area contributed by atoms with E-state index in [0.29, 0.717) is 24.3 Å². The van der Waals surface area contributed by atoms with Crippen molar-refractivity contribution in [1.82, 2.24) is 0 Å². The number of Topliss-reactive ketones (excluding diaryl/α,β-unsaturated/α-hetero) is 1. The topological polar surface area (TPSA) is 46.2 Å². The lowest BCUT2D eigenvalue weighted by Crippen LogP contribution is -2.21. The molecule has 0 aromatic heterocycles. The first-order valence-electron chi connectivity index (χ1n) is 6.20. The van der Waals surface area contributed by atoms with Crippen molar-refractivity contribution in [3.8, 4) is 0 Å². The van der Waals surface area contributed by atoms with Gasteiger partial charge in [0.1, 0.15) is 5.78 Å². The highest BCUT2D eigenvalue weighted by Crippen LogP contribution is 2.24. The van der Waals surface area contributed by atoms with Crippen molar-refractivity contribution in [2.75, 3.05) is 5.32 Å². The summed E-state index contributed by atoms with van der Waals surface area (Å²) in [5, 5.41) is 3.47. The molecule has 1 fully saturated rings. The Labute approximate surface area is 112 Å². The number of hydrogen-bond acceptors (Lipinski definition) is 2. The Morgan fingerprint density at radius 2 is 2.06 bits per heavy atom. The first-order valence-corrected chi connectivity index (χ1v) is 6.58. The summed E-state index contributed by atoms with van der Waals surface area (Å²) in [5.41, 5.74) is 0.742. The lowest BCUT2D eigenvalue weighted by molar-refractivity contribution is -0.122. The molecule has 1 aliphatic rings. The van der Waals surface area contributed by atoms with Crippen molar-refractivity contribution in [2.45, 2.75) is 32.1 Å². The quantitative estimate of drug-likeness (QED) is 0.910. The SMILES string of the molecule is O=C1CCCC(CC(=O)Nc2ccc(Cl)cc2)C1. The fraction of sp³-hybridized carbons (Fsp3) is 0.429. The summed E-state index contributed by atoms with van der Waals surface area (Å²) in [6.07, 6.45) is 3.54. The molecule has 1 unspecified atom stereocenters. The summed E-state index contributed by atoms with van der Waals surface area (Å²) in [5.74, 6) is 0.459. The molecule has 3 nitrogen and oxygen atoms in total. The lowest BCUT2D eigenvalue weighted by atomic mass is 9.86. The molecule has 0 saturated heterocycles. The van der Waals surface area contributed by atoms with Crippen molar-refractivity contribution in [3.05, 3.63) is 29.3 Å². The molecule has 2 rings (SSSR count). The van der Waals surface area contributed by atoms with Gasteiger partial charge in [-0.25, -0.2) is 0 Å². The average molecular weight is 266 g/mol. The molecule has 0 bridgehead atoms. The molecule has 1 amide bonds. The summed E-state index contributed by atoms with van der Waals surface area (Å²) in [4.78, 5) is 23.1. The molecule has 0 radical (unpaired) electrons. The van der Waals surface area contributed by atoms with E-state index in [0.717, 1.165) is 18.5 Å². The zero-order valence-corrected chi connectivity index (χ0v) is 10.9. The first kappa shape index (κ1) is 13.1. The lowest BCUT2D eigenvalue weighted by Gasteiger charge is -2.20. The van der Waals surface area contributed by atoms with Gasteiger partial charge in [-0.15, -0.1) is 0 Å². The van der Waals surface area contributed by atoms with Crippen molar-refractivity contribution in [1.29, 1.82) is 0 Å². The van der Waals surface area contributed by atoms with Crippen LogP contribution >= 0.6 is 11.6 Å². The third-order valence-electron chi connectivity index (χ3n) is 3.19. The van der Waals surface area contributed by atoms with Crippen LogP contribution < -0.4 is 5.32 Å². The number of rotatable bonds is 3. The standard InChI is InChI=1S/C14H16ClNO2/c15-11-4-6-12(7-5-11)16-14(18)9-10-2-1-3-13(17)8-10/h4-7,10H,1-3,8-9H2,(H,16,18). The minimum Gasteiger partial charge on any atom is -0.326 e. The van der Waals surface area contributed by atoms with Crippen LogP contribution in [0.2, 0.25) is 5.02 Å². The number of anilines is 1. The zero-order valence-electron chi connectivity index (χ0n) is 10.1. The van der Waals surface area contributed by atoms with E-state index in [4.69, 9.17) is 11.6 Å². The smallest absolute Gasteiger partial charge is 0.224 e. The van der Waals surface area contributed by atoms with Crippen LogP contribution in [0, 0.1) is 5.92 Å². The number of carbonyl (C=O) groups excluding carboxylic acids is 2. The van der Waals surface area contributed by atoms with Gasteiger partial charge in [-0.05, 0) is 43.0 Å². The zero-order chi connectivity index (χ0) is 13.0. The molecule has 96 valence electrons. The maximum atomic E-state index is 11.8. The highest BCUT2D eigenvalue weighted by atomic mass is 35.5. The van der Waals surface area contributed by atoms with E-state index in [2.05, 4.69) is 5.32 Å². The second-order valence-electron chi connectivity index (χ2n) is 4.76. The Bertz CT molecular complexity index is 442. The number of amides is 1. The molecule has 1 saturated carbocycles. The van der Waals surface area contributed by atoms with Gasteiger partial charge in [-0.1, -0.05) is 11.6 Å². The van der Waals surface area contributed by atoms with E-state index in [-0.39, 0.29) is 17.6 Å². The highest BCUT2D eigenvalue weighted by molar-refractivity contribution is 6.30. The van der Waals surface area contributed by atoms with Crippen molar-refractivity contribution in [3.63, 3.8) is 0 Å². The van der Waals surface area contributed by atoms with Crippen LogP contribution in [0.4, 0.5) is 5.69 Å². The number of hydrogen-bond donors (Lipinski definition) is 1. The monoisotopic (exact) mass is 265 g/mol. The average Bonchev–Trinajstić information content (AvgIpc) is 2.32. The van der Waals surface area contributed by atoms with E-state index >= 15 is 0 Å². The Morgan fingerprint density at radius 1 is 1.33 bits per heavy atom. The predicted octanol–water partition coefficient (Wildman–Crippen LogP) is 3.43. The van der Waals surface area contributed by atoms with E-state index in [1.54, 1.807) is 24.3 Å². The largest absolute Gasteiger partial charge is 0.326 e. The van der Waals surface area contributed by atoms with E-state index < -0.39 is 0 Å². The summed E-state index contributed by atoms with van der Waals surface area (Å²) in [6, 6.07) is 7.01. The van der Waals surface area contributed by atoms with Gasteiger partial charge in [-0.2, -0.15) is 0 Å². The van der Waals surface area contributed by atoms with Crippen LogP contribution in [0.5, 0.6) is 0 Å². The third kappa shape index (κ3) is 3.84. The van der Waals surface area contributed by atoms with E-state index in [1.807, 2.05) is 0 Å². The molecule has 1 aliphatic carbocycles. The molecule has 1 aromatic rings. The Morgan fingerprint density at radius 3 is 2.72 bits per heavy atom. The summed E-state index contributed by atoms with van der Waals surface area (Å²) < 4.78 is 0. The molecule has 1 atom stereocenters. The summed E-state index contributed by atoms with van der Waals surface area (Å²) in [6.45, 7) is 0. The van der Waals surface area contributed by atoms with Crippen LogP contribution in [-0.4, -0.2) is 11.7 Å². The fourth-order valence-corrected chi connectivity index (χ4v) is 2.42. The minimum absolute atomic E-state index is 0.0305. The molecule has 18 heavy (non-hydrogen) atoms. The number of ketones is 1. The molecule has 4 heteroatoms. The van der Waals surface area contributed by atoms with Gasteiger partial charge in [0.15, 0.2) is 0 Å². The third-order valence-corrected chi connectivity index (χ3v) is 3.44. The Balaban J connectivity index is 1.84. The Hall–Kier alpha value is -1.35. The van der Waals surface area contributed by atoms with Crippen LogP contribution in [0.1, 0.15) is 32.1 Å². The van der Waals surface area contributed by atoms with Gasteiger partial charge in [-0.3, -0.25) is 9.59 Å².